The number of furan rings is 1. The van der Waals surface area contributed by atoms with Gasteiger partial charge in [0.25, 0.3) is 0 Å². The zero-order chi connectivity index (χ0) is 18.9. The van der Waals surface area contributed by atoms with Crippen molar-refractivity contribution in [3.8, 4) is 0 Å². The Kier molecular flexibility index (Phi) is 3.29. The number of fused-ring (bicyclic) bond motifs is 5. The van der Waals surface area contributed by atoms with E-state index in [9.17, 15) is 0 Å². The maximum absolute atomic E-state index is 6.44. The van der Waals surface area contributed by atoms with Gasteiger partial charge in [-0.1, -0.05) is 30.3 Å². The van der Waals surface area contributed by atoms with Crippen molar-refractivity contribution in [3.05, 3.63) is 59.3 Å². The number of aryl methyl sites for hydroxylation is 3. The summed E-state index contributed by atoms with van der Waals surface area (Å²) in [5.74, 6) is 0.965. The molecule has 4 heteroatoms. The minimum atomic E-state index is 0.160. The van der Waals surface area contributed by atoms with Crippen LogP contribution < -0.4 is 9.80 Å². The lowest BCUT2D eigenvalue weighted by atomic mass is 10.1. The largest absolute Gasteiger partial charge is 0.453 e. The van der Waals surface area contributed by atoms with Crippen molar-refractivity contribution in [1.29, 1.82) is 0 Å². The number of nitrogens with zero attached hydrogens (tertiary/aromatic N) is 3. The molecular weight excluding hydrogens is 334 g/mol. The van der Waals surface area contributed by atoms with Crippen molar-refractivity contribution in [2.24, 2.45) is 0 Å². The molecule has 0 saturated heterocycles. The molecule has 0 bridgehead atoms. The molecule has 2 aromatic carbocycles. The van der Waals surface area contributed by atoms with E-state index < -0.39 is 0 Å². The van der Waals surface area contributed by atoms with Crippen LogP contribution >= 0.6 is 0 Å². The minimum absolute atomic E-state index is 0.160. The van der Waals surface area contributed by atoms with Crippen LogP contribution in [0.1, 0.15) is 23.6 Å². The van der Waals surface area contributed by atoms with E-state index >= 15 is 0 Å². The highest BCUT2D eigenvalue weighted by atomic mass is 16.3. The Morgan fingerprint density at radius 2 is 1.78 bits per heavy atom. The van der Waals surface area contributed by atoms with E-state index in [0.29, 0.717) is 0 Å². The summed E-state index contributed by atoms with van der Waals surface area (Å²) in [5.41, 5.74) is 7.78. The molecule has 0 spiro atoms. The third kappa shape index (κ3) is 2.13. The molecule has 0 radical (unpaired) electrons. The summed E-state index contributed by atoms with van der Waals surface area (Å²) in [6.45, 7) is 8.60. The Morgan fingerprint density at radius 1 is 0.963 bits per heavy atom. The summed E-state index contributed by atoms with van der Waals surface area (Å²) < 4.78 is 6.44. The highest BCUT2D eigenvalue weighted by Gasteiger charge is 2.37. The predicted molar refractivity (Wildman–Crippen MR) is 112 cm³/mol. The molecule has 0 saturated carbocycles. The molecule has 27 heavy (non-hydrogen) atoms. The minimum Gasteiger partial charge on any atom is -0.453 e. The fourth-order valence-corrected chi connectivity index (χ4v) is 4.18. The smallest absolute Gasteiger partial charge is 0.164 e. The summed E-state index contributed by atoms with van der Waals surface area (Å²) in [6, 6.07) is 12.9. The zero-order valence-electron chi connectivity index (χ0n) is 16.4. The van der Waals surface area contributed by atoms with Crippen molar-refractivity contribution in [3.63, 3.8) is 0 Å². The van der Waals surface area contributed by atoms with Crippen LogP contribution in [0.25, 0.3) is 21.9 Å². The van der Waals surface area contributed by atoms with Gasteiger partial charge in [-0.05, 0) is 50.5 Å². The van der Waals surface area contributed by atoms with Crippen molar-refractivity contribution in [2.45, 2.75) is 33.9 Å². The van der Waals surface area contributed by atoms with Crippen molar-refractivity contribution in [1.82, 2.24) is 4.98 Å². The van der Waals surface area contributed by atoms with Crippen molar-refractivity contribution < 1.29 is 4.42 Å². The van der Waals surface area contributed by atoms with Crippen molar-refractivity contribution >= 4 is 39.1 Å². The Bertz CT molecular complexity index is 1210. The first kappa shape index (κ1) is 16.2. The van der Waals surface area contributed by atoms with Crippen LogP contribution in [0.4, 0.5) is 17.2 Å². The standard InChI is InChI=1S/C23H23N3O/c1-13-9-10-14(2)19(11-13)26-16(4)25(5)23-20(26)22-18(12-24-23)17-8-6-7-15(3)21(17)27-22/h6-12,16H,1-5H3/t16-/m0/s1. The van der Waals surface area contributed by atoms with Crippen LogP contribution in [0, 0.1) is 20.8 Å². The lowest BCUT2D eigenvalue weighted by molar-refractivity contribution is 0.663. The lowest BCUT2D eigenvalue weighted by Crippen LogP contribution is -2.36. The number of rotatable bonds is 1. The van der Waals surface area contributed by atoms with E-state index in [4.69, 9.17) is 9.40 Å². The maximum atomic E-state index is 6.44. The summed E-state index contributed by atoms with van der Waals surface area (Å²) >= 11 is 0. The zero-order valence-corrected chi connectivity index (χ0v) is 16.4. The molecule has 0 aliphatic carbocycles. The van der Waals surface area contributed by atoms with Gasteiger partial charge in [0.2, 0.25) is 0 Å². The van der Waals surface area contributed by atoms with E-state index in [1.165, 1.54) is 16.8 Å². The predicted octanol–water partition coefficient (Wildman–Crippen LogP) is 5.84. The maximum Gasteiger partial charge on any atom is 0.164 e. The summed E-state index contributed by atoms with van der Waals surface area (Å²) in [4.78, 5) is 9.41. The third-order valence-electron chi connectivity index (χ3n) is 5.83. The molecule has 136 valence electrons. The highest BCUT2D eigenvalue weighted by Crippen LogP contribution is 2.49. The van der Waals surface area contributed by atoms with Crippen LogP contribution in [-0.4, -0.2) is 18.2 Å². The van der Waals surface area contributed by atoms with Crippen molar-refractivity contribution in [2.75, 3.05) is 16.8 Å². The molecule has 3 heterocycles. The second kappa shape index (κ2) is 5.49. The van der Waals surface area contributed by atoms with Gasteiger partial charge in [0, 0.05) is 29.7 Å². The van der Waals surface area contributed by atoms with Crippen LogP contribution in [0.5, 0.6) is 0 Å². The molecule has 0 amide bonds. The Hall–Kier alpha value is -3.01. The topological polar surface area (TPSA) is 32.5 Å². The van der Waals surface area contributed by atoms with Crippen LogP contribution in [-0.2, 0) is 0 Å². The molecule has 1 atom stereocenters. The highest BCUT2D eigenvalue weighted by molar-refractivity contribution is 6.12. The van der Waals surface area contributed by atoms with E-state index in [1.807, 2.05) is 6.20 Å². The second-order valence-corrected chi connectivity index (χ2v) is 7.63. The Balaban J connectivity index is 1.88. The Morgan fingerprint density at radius 3 is 2.59 bits per heavy atom. The SMILES string of the molecule is Cc1ccc(C)c(N2c3c(ncc4c3oc3c(C)cccc34)N(C)[C@@H]2C)c1. The quantitative estimate of drug-likeness (QED) is 0.428. The molecule has 4 aromatic rings. The average Bonchev–Trinajstić information content (AvgIpc) is 3.15. The fraction of sp³-hybridized carbons (Fsp3) is 0.261. The molecule has 2 aromatic heterocycles. The van der Waals surface area contributed by atoms with Gasteiger partial charge in [-0.2, -0.15) is 0 Å². The monoisotopic (exact) mass is 357 g/mol. The number of pyridine rings is 1. The lowest BCUT2D eigenvalue weighted by Gasteiger charge is -2.28. The molecule has 0 N–H and O–H groups in total. The molecule has 0 fully saturated rings. The third-order valence-corrected chi connectivity index (χ3v) is 5.83. The van der Waals surface area contributed by atoms with E-state index in [0.717, 1.165) is 39.0 Å². The number of para-hydroxylation sites is 1. The Labute approximate surface area is 159 Å². The van der Waals surface area contributed by atoms with E-state index in [-0.39, 0.29) is 6.17 Å². The number of benzene rings is 2. The molecular formula is C23H23N3O. The van der Waals surface area contributed by atoms with Crippen LogP contribution in [0.3, 0.4) is 0 Å². The van der Waals surface area contributed by atoms with Gasteiger partial charge >= 0.3 is 0 Å². The first-order valence-electron chi connectivity index (χ1n) is 9.37. The molecule has 4 nitrogen and oxygen atoms in total. The molecule has 1 aliphatic heterocycles. The molecule has 0 unspecified atom stereocenters. The summed E-state index contributed by atoms with van der Waals surface area (Å²) in [6.07, 6.45) is 2.11. The number of anilines is 3. The van der Waals surface area contributed by atoms with Gasteiger partial charge in [0.1, 0.15) is 17.4 Å². The molecule has 1 aliphatic rings. The fourth-order valence-electron chi connectivity index (χ4n) is 4.18. The summed E-state index contributed by atoms with van der Waals surface area (Å²) in [5, 5.41) is 2.20. The number of hydrogen-bond acceptors (Lipinski definition) is 4. The van der Waals surface area contributed by atoms with Gasteiger partial charge in [-0.3, -0.25) is 0 Å². The van der Waals surface area contributed by atoms with Crippen LogP contribution in [0.15, 0.2) is 47.0 Å². The number of hydrogen-bond donors (Lipinski definition) is 0. The second-order valence-electron chi connectivity index (χ2n) is 7.63. The first-order chi connectivity index (χ1) is 13.0. The number of aromatic nitrogens is 1. The van der Waals surface area contributed by atoms with Gasteiger partial charge in [0.05, 0.1) is 0 Å². The average molecular weight is 357 g/mol. The van der Waals surface area contributed by atoms with Gasteiger partial charge in [-0.15, -0.1) is 0 Å². The normalized spacial score (nSPS) is 16.6. The van der Waals surface area contributed by atoms with E-state index in [2.05, 4.69) is 80.9 Å². The van der Waals surface area contributed by atoms with Gasteiger partial charge < -0.3 is 14.2 Å². The van der Waals surface area contributed by atoms with Crippen LogP contribution in [0.2, 0.25) is 0 Å². The summed E-state index contributed by atoms with van der Waals surface area (Å²) in [7, 11) is 2.10. The molecule has 5 rings (SSSR count). The first-order valence-corrected chi connectivity index (χ1v) is 9.37. The van der Waals surface area contributed by atoms with Gasteiger partial charge in [-0.25, -0.2) is 4.98 Å². The van der Waals surface area contributed by atoms with E-state index in [1.54, 1.807) is 0 Å². The van der Waals surface area contributed by atoms with Gasteiger partial charge in [0.15, 0.2) is 11.4 Å².